The van der Waals surface area contributed by atoms with Gasteiger partial charge in [-0.25, -0.2) is 10.6 Å². The Morgan fingerprint density at radius 3 is 2.30 bits per heavy atom. The Bertz CT molecular complexity index is 405. The molecular formula is C12H19N3O5. The Balaban J connectivity index is 2.34. The molecule has 1 aliphatic rings. The first-order chi connectivity index (χ1) is 9.31. The SMILES string of the molecule is CC(C)CN(N)C(=O)CCC(=O)ON1C(=O)CCC1=O. The van der Waals surface area contributed by atoms with Gasteiger partial charge in [0.2, 0.25) is 5.91 Å². The van der Waals surface area contributed by atoms with E-state index in [-0.39, 0.29) is 31.6 Å². The van der Waals surface area contributed by atoms with Crippen LogP contribution in [0.5, 0.6) is 0 Å². The molecule has 0 spiro atoms. The van der Waals surface area contributed by atoms with Crippen molar-refractivity contribution < 1.29 is 24.0 Å². The predicted molar refractivity (Wildman–Crippen MR) is 67.2 cm³/mol. The molecule has 0 unspecified atom stereocenters. The van der Waals surface area contributed by atoms with Gasteiger partial charge in [0, 0.05) is 25.8 Å². The zero-order chi connectivity index (χ0) is 15.3. The van der Waals surface area contributed by atoms with E-state index in [1.165, 1.54) is 0 Å². The number of hydrogen-bond acceptors (Lipinski definition) is 6. The summed E-state index contributed by atoms with van der Waals surface area (Å²) in [5.41, 5.74) is 0. The van der Waals surface area contributed by atoms with Crippen LogP contribution >= 0.6 is 0 Å². The third-order valence-corrected chi connectivity index (χ3v) is 2.62. The maximum absolute atomic E-state index is 11.6. The van der Waals surface area contributed by atoms with Crippen LogP contribution in [-0.4, -0.2) is 40.3 Å². The van der Waals surface area contributed by atoms with Crippen molar-refractivity contribution in [1.29, 1.82) is 0 Å². The quantitative estimate of drug-likeness (QED) is 0.311. The smallest absolute Gasteiger partial charge is 0.330 e. The molecule has 1 aliphatic heterocycles. The highest BCUT2D eigenvalue weighted by Crippen LogP contribution is 2.13. The van der Waals surface area contributed by atoms with E-state index in [0.29, 0.717) is 11.6 Å². The second-order valence-electron chi connectivity index (χ2n) is 4.99. The van der Waals surface area contributed by atoms with Crippen molar-refractivity contribution in [3.63, 3.8) is 0 Å². The first-order valence-electron chi connectivity index (χ1n) is 6.43. The lowest BCUT2D eigenvalue weighted by Crippen LogP contribution is -2.40. The Morgan fingerprint density at radius 1 is 1.25 bits per heavy atom. The number of hydrazine groups is 1. The predicted octanol–water partition coefficient (Wildman–Crippen LogP) is -0.268. The Hall–Kier alpha value is -1.96. The molecule has 1 fully saturated rings. The fraction of sp³-hybridized carbons (Fsp3) is 0.667. The van der Waals surface area contributed by atoms with Crippen molar-refractivity contribution in [2.45, 2.75) is 39.5 Å². The van der Waals surface area contributed by atoms with Gasteiger partial charge >= 0.3 is 5.97 Å². The molecule has 0 aromatic carbocycles. The summed E-state index contributed by atoms with van der Waals surface area (Å²) in [6.45, 7) is 4.20. The maximum Gasteiger partial charge on any atom is 0.333 e. The monoisotopic (exact) mass is 285 g/mol. The van der Waals surface area contributed by atoms with Gasteiger partial charge in [-0.05, 0) is 5.92 Å². The topological polar surface area (TPSA) is 110 Å². The first-order valence-corrected chi connectivity index (χ1v) is 6.43. The second kappa shape index (κ2) is 6.99. The molecule has 0 aliphatic carbocycles. The number of carbonyl (C=O) groups excluding carboxylic acids is 4. The molecule has 8 nitrogen and oxygen atoms in total. The molecule has 0 atom stereocenters. The summed E-state index contributed by atoms with van der Waals surface area (Å²) in [5.74, 6) is 3.45. The van der Waals surface area contributed by atoms with Gasteiger partial charge in [0.25, 0.3) is 11.8 Å². The molecule has 112 valence electrons. The van der Waals surface area contributed by atoms with Crippen LogP contribution < -0.4 is 5.84 Å². The molecule has 20 heavy (non-hydrogen) atoms. The Morgan fingerprint density at radius 2 is 1.80 bits per heavy atom. The Kier molecular flexibility index (Phi) is 5.63. The van der Waals surface area contributed by atoms with E-state index in [2.05, 4.69) is 4.84 Å². The summed E-state index contributed by atoms with van der Waals surface area (Å²) < 4.78 is 0. The van der Waals surface area contributed by atoms with Crippen molar-refractivity contribution in [1.82, 2.24) is 10.1 Å². The molecule has 0 radical (unpaired) electrons. The maximum atomic E-state index is 11.6. The number of hydroxylamine groups is 2. The minimum atomic E-state index is -0.806. The Labute approximate surface area is 116 Å². The number of carbonyl (C=O) groups is 4. The molecule has 0 bridgehead atoms. The fourth-order valence-corrected chi connectivity index (χ4v) is 1.65. The molecule has 0 aromatic rings. The van der Waals surface area contributed by atoms with E-state index < -0.39 is 23.7 Å². The van der Waals surface area contributed by atoms with Crippen molar-refractivity contribution in [2.24, 2.45) is 11.8 Å². The minimum absolute atomic E-state index is 0.0377. The van der Waals surface area contributed by atoms with Crippen molar-refractivity contribution in [3.05, 3.63) is 0 Å². The van der Waals surface area contributed by atoms with Gasteiger partial charge in [-0.1, -0.05) is 13.8 Å². The number of amides is 3. The van der Waals surface area contributed by atoms with Crippen LogP contribution in [0.3, 0.4) is 0 Å². The van der Waals surface area contributed by atoms with Crippen LogP contribution in [0, 0.1) is 5.92 Å². The summed E-state index contributed by atoms with van der Waals surface area (Å²) in [4.78, 5) is 50.1. The highest BCUT2D eigenvalue weighted by molar-refractivity contribution is 6.01. The average molecular weight is 285 g/mol. The van der Waals surface area contributed by atoms with Gasteiger partial charge in [0.05, 0.1) is 6.42 Å². The molecule has 8 heteroatoms. The molecule has 1 saturated heterocycles. The lowest BCUT2D eigenvalue weighted by Gasteiger charge is -2.18. The van der Waals surface area contributed by atoms with Gasteiger partial charge in [-0.15, -0.1) is 5.06 Å². The number of imide groups is 1. The van der Waals surface area contributed by atoms with Crippen LogP contribution in [0.15, 0.2) is 0 Å². The number of nitrogens with two attached hydrogens (primary N) is 1. The van der Waals surface area contributed by atoms with E-state index in [9.17, 15) is 19.2 Å². The summed E-state index contributed by atoms with van der Waals surface area (Å²) in [7, 11) is 0. The summed E-state index contributed by atoms with van der Waals surface area (Å²) in [6.07, 6.45) is -0.286. The van der Waals surface area contributed by atoms with E-state index in [4.69, 9.17) is 5.84 Å². The molecule has 0 aromatic heterocycles. The molecule has 0 saturated carbocycles. The first kappa shape index (κ1) is 16.1. The van der Waals surface area contributed by atoms with Gasteiger partial charge in [0.1, 0.15) is 0 Å². The van der Waals surface area contributed by atoms with E-state index in [1.54, 1.807) is 0 Å². The van der Waals surface area contributed by atoms with Crippen molar-refractivity contribution >= 4 is 23.7 Å². The normalized spacial score (nSPS) is 14.9. The van der Waals surface area contributed by atoms with Crippen LogP contribution in [-0.2, 0) is 24.0 Å². The number of nitrogens with zero attached hydrogens (tertiary/aromatic N) is 2. The van der Waals surface area contributed by atoms with Gasteiger partial charge in [0.15, 0.2) is 0 Å². The lowest BCUT2D eigenvalue weighted by atomic mass is 10.2. The molecule has 1 rings (SSSR count). The zero-order valence-corrected chi connectivity index (χ0v) is 11.6. The largest absolute Gasteiger partial charge is 0.333 e. The average Bonchev–Trinajstić information content (AvgIpc) is 2.66. The summed E-state index contributed by atoms with van der Waals surface area (Å²) in [5, 5.41) is 1.51. The van der Waals surface area contributed by atoms with Crippen molar-refractivity contribution in [2.75, 3.05) is 6.54 Å². The third-order valence-electron chi connectivity index (χ3n) is 2.62. The zero-order valence-electron chi connectivity index (χ0n) is 11.6. The number of hydrogen-bond donors (Lipinski definition) is 1. The van der Waals surface area contributed by atoms with Gasteiger partial charge in [-0.3, -0.25) is 19.4 Å². The van der Waals surface area contributed by atoms with E-state index in [0.717, 1.165) is 5.01 Å². The summed E-state index contributed by atoms with van der Waals surface area (Å²) >= 11 is 0. The van der Waals surface area contributed by atoms with Crippen molar-refractivity contribution in [3.8, 4) is 0 Å². The number of rotatable bonds is 6. The van der Waals surface area contributed by atoms with Crippen LogP contribution in [0.1, 0.15) is 39.5 Å². The highest BCUT2D eigenvalue weighted by atomic mass is 16.7. The molecular weight excluding hydrogens is 266 g/mol. The van der Waals surface area contributed by atoms with Crippen LogP contribution in [0.25, 0.3) is 0 Å². The van der Waals surface area contributed by atoms with Crippen LogP contribution in [0.4, 0.5) is 0 Å². The van der Waals surface area contributed by atoms with Gasteiger partial charge < -0.3 is 4.84 Å². The minimum Gasteiger partial charge on any atom is -0.330 e. The highest BCUT2D eigenvalue weighted by Gasteiger charge is 2.32. The van der Waals surface area contributed by atoms with E-state index >= 15 is 0 Å². The fourth-order valence-electron chi connectivity index (χ4n) is 1.65. The third kappa shape index (κ3) is 4.61. The summed E-state index contributed by atoms with van der Waals surface area (Å²) in [6, 6.07) is 0. The molecule has 2 N–H and O–H groups in total. The molecule has 1 heterocycles. The van der Waals surface area contributed by atoms with Crippen LogP contribution in [0.2, 0.25) is 0 Å². The standard InChI is InChI=1S/C12H19N3O5/c1-8(2)7-14(13)9(16)5-6-12(19)20-15-10(17)3-4-11(15)18/h8H,3-7,13H2,1-2H3. The lowest BCUT2D eigenvalue weighted by molar-refractivity contribution is -0.197. The molecule has 3 amide bonds. The second-order valence-corrected chi connectivity index (χ2v) is 4.99. The van der Waals surface area contributed by atoms with Gasteiger partial charge in [-0.2, -0.15) is 0 Å². The van der Waals surface area contributed by atoms with E-state index in [1.807, 2.05) is 13.8 Å².